The highest BCUT2D eigenvalue weighted by Crippen LogP contribution is 2.12. The van der Waals surface area contributed by atoms with E-state index in [1.165, 1.54) is 70.6 Å². The fourth-order valence-electron chi connectivity index (χ4n) is 2.44. The zero-order chi connectivity index (χ0) is 16.7. The molecule has 22 heavy (non-hydrogen) atoms. The van der Waals surface area contributed by atoms with Crippen LogP contribution in [0.3, 0.4) is 0 Å². The van der Waals surface area contributed by atoms with E-state index in [0.717, 1.165) is 6.42 Å². The summed E-state index contributed by atoms with van der Waals surface area (Å²) in [5, 5.41) is 0. The summed E-state index contributed by atoms with van der Waals surface area (Å²) in [6.07, 6.45) is 19.5. The number of hydrogen-bond acceptors (Lipinski definition) is 2. The van der Waals surface area contributed by atoms with Crippen molar-refractivity contribution in [2.45, 2.75) is 104 Å². The smallest absolute Gasteiger partial charge is 0.317 e. The Balaban J connectivity index is 3.28. The normalized spacial score (nSPS) is 12.0. The zero-order valence-corrected chi connectivity index (χ0v) is 16.5. The van der Waals surface area contributed by atoms with Crippen LogP contribution in [0.15, 0.2) is 12.2 Å². The molecule has 0 fully saturated rings. The van der Waals surface area contributed by atoms with Gasteiger partial charge in [-0.05, 0) is 32.5 Å². The number of rotatable bonds is 14. The Bertz CT molecular complexity index is 292. The molecule has 0 N–H and O–H groups in total. The molecule has 0 saturated carbocycles. The van der Waals surface area contributed by atoms with E-state index in [4.69, 9.17) is 4.43 Å². The number of hydrogen-bond donors (Lipinski definition) is 0. The van der Waals surface area contributed by atoms with E-state index < -0.39 is 8.32 Å². The summed E-state index contributed by atoms with van der Waals surface area (Å²) in [6, 6.07) is 0. The van der Waals surface area contributed by atoms with Gasteiger partial charge in [-0.2, -0.15) is 0 Å². The molecule has 0 aliphatic rings. The van der Waals surface area contributed by atoms with Gasteiger partial charge in [0.05, 0.1) is 0 Å². The highest BCUT2D eigenvalue weighted by molar-refractivity contribution is 6.71. The predicted octanol–water partition coefficient (Wildman–Crippen LogP) is 6.62. The van der Waals surface area contributed by atoms with Crippen molar-refractivity contribution in [3.63, 3.8) is 0 Å². The summed E-state index contributed by atoms with van der Waals surface area (Å²) in [6.45, 7) is 8.36. The lowest BCUT2D eigenvalue weighted by molar-refractivity contribution is -0.129. The van der Waals surface area contributed by atoms with Gasteiger partial charge < -0.3 is 4.43 Å². The van der Waals surface area contributed by atoms with Crippen LogP contribution in [0.5, 0.6) is 0 Å². The van der Waals surface area contributed by atoms with Crippen LogP contribution in [0.1, 0.15) is 84.0 Å². The molecule has 3 heteroatoms. The lowest BCUT2D eigenvalue weighted by atomic mass is 10.1. The van der Waals surface area contributed by atoms with E-state index in [9.17, 15) is 4.79 Å². The van der Waals surface area contributed by atoms with E-state index in [2.05, 4.69) is 6.92 Å². The maximum absolute atomic E-state index is 11.5. The van der Waals surface area contributed by atoms with Crippen LogP contribution in [-0.4, -0.2) is 14.3 Å². The fraction of sp³-hybridized carbons (Fsp3) is 0.842. The first-order valence-corrected chi connectivity index (χ1v) is 12.8. The van der Waals surface area contributed by atoms with Gasteiger partial charge in [0.15, 0.2) is 0 Å². The van der Waals surface area contributed by atoms with Crippen LogP contribution in [0.25, 0.3) is 0 Å². The third kappa shape index (κ3) is 17.5. The monoisotopic (exact) mass is 326 g/mol. The van der Waals surface area contributed by atoms with Gasteiger partial charge >= 0.3 is 5.97 Å². The van der Waals surface area contributed by atoms with E-state index in [0.29, 0.717) is 0 Å². The number of unbranched alkanes of at least 4 members (excludes halogenated alkanes) is 11. The quantitative estimate of drug-likeness (QED) is 0.204. The molecule has 0 amide bonds. The third-order valence-electron chi connectivity index (χ3n) is 3.64. The SMILES string of the molecule is CCCCCCCCCCCCCC=CC(=O)O[Si](C)(C)C. The Hall–Kier alpha value is -0.573. The second-order valence-electron chi connectivity index (χ2n) is 7.26. The fourth-order valence-corrected chi connectivity index (χ4v) is 3.11. The molecule has 0 saturated heterocycles. The van der Waals surface area contributed by atoms with Crippen LogP contribution in [-0.2, 0) is 9.22 Å². The van der Waals surface area contributed by atoms with Crippen LogP contribution in [0.4, 0.5) is 0 Å². The maximum atomic E-state index is 11.5. The number of carbonyl (C=O) groups excluding carboxylic acids is 1. The molecule has 2 nitrogen and oxygen atoms in total. The van der Waals surface area contributed by atoms with Crippen molar-refractivity contribution in [2.24, 2.45) is 0 Å². The summed E-state index contributed by atoms with van der Waals surface area (Å²) in [7, 11) is -1.73. The van der Waals surface area contributed by atoms with Gasteiger partial charge in [0, 0.05) is 6.08 Å². The molecule has 0 aromatic rings. The Morgan fingerprint density at radius 2 is 1.27 bits per heavy atom. The molecule has 0 aromatic heterocycles. The van der Waals surface area contributed by atoms with Crippen molar-refractivity contribution in [3.8, 4) is 0 Å². The summed E-state index contributed by atoms with van der Waals surface area (Å²) in [5.74, 6) is -0.165. The van der Waals surface area contributed by atoms with Gasteiger partial charge in [-0.15, -0.1) is 0 Å². The van der Waals surface area contributed by atoms with Gasteiger partial charge in [0.25, 0.3) is 0 Å². The number of allylic oxidation sites excluding steroid dienone is 1. The zero-order valence-electron chi connectivity index (χ0n) is 15.5. The molecular formula is C19H38O2Si. The average molecular weight is 327 g/mol. The van der Waals surface area contributed by atoms with Crippen molar-refractivity contribution in [2.75, 3.05) is 0 Å². The molecule has 0 radical (unpaired) electrons. The molecular weight excluding hydrogens is 288 g/mol. The Labute approximate surface area is 139 Å². The second kappa shape index (κ2) is 14.0. The van der Waals surface area contributed by atoms with Crippen molar-refractivity contribution in [3.05, 3.63) is 12.2 Å². The van der Waals surface area contributed by atoms with Crippen LogP contribution < -0.4 is 0 Å². The topological polar surface area (TPSA) is 26.3 Å². The summed E-state index contributed by atoms with van der Waals surface area (Å²) in [5.41, 5.74) is 0. The lowest BCUT2D eigenvalue weighted by Crippen LogP contribution is -2.28. The molecule has 0 aliphatic carbocycles. The molecule has 0 rings (SSSR count). The molecule has 0 spiro atoms. The average Bonchev–Trinajstić information content (AvgIpc) is 2.42. The van der Waals surface area contributed by atoms with Crippen molar-refractivity contribution in [1.29, 1.82) is 0 Å². The van der Waals surface area contributed by atoms with Crippen LogP contribution in [0.2, 0.25) is 19.6 Å². The van der Waals surface area contributed by atoms with E-state index in [-0.39, 0.29) is 5.97 Å². The first-order valence-electron chi connectivity index (χ1n) is 9.35. The molecule has 0 aliphatic heterocycles. The Morgan fingerprint density at radius 3 is 1.73 bits per heavy atom. The van der Waals surface area contributed by atoms with Gasteiger partial charge in [-0.1, -0.05) is 77.2 Å². The second-order valence-corrected chi connectivity index (χ2v) is 11.7. The molecule has 0 unspecified atom stereocenters. The molecule has 0 bridgehead atoms. The molecule has 0 atom stereocenters. The minimum atomic E-state index is -1.73. The maximum Gasteiger partial charge on any atom is 0.317 e. The lowest BCUT2D eigenvalue weighted by Gasteiger charge is -2.15. The molecule has 0 heterocycles. The largest absolute Gasteiger partial charge is 0.517 e. The third-order valence-corrected chi connectivity index (χ3v) is 4.45. The van der Waals surface area contributed by atoms with Crippen molar-refractivity contribution in [1.82, 2.24) is 0 Å². The minimum Gasteiger partial charge on any atom is -0.517 e. The van der Waals surface area contributed by atoms with Crippen molar-refractivity contribution >= 4 is 14.3 Å². The molecule has 130 valence electrons. The van der Waals surface area contributed by atoms with E-state index in [1.807, 2.05) is 25.7 Å². The highest BCUT2D eigenvalue weighted by Gasteiger charge is 2.17. The summed E-state index contributed by atoms with van der Waals surface area (Å²) in [4.78, 5) is 11.5. The minimum absolute atomic E-state index is 0.165. The predicted molar refractivity (Wildman–Crippen MR) is 99.7 cm³/mol. The number of carbonyl (C=O) groups is 1. The Morgan fingerprint density at radius 1 is 0.818 bits per heavy atom. The van der Waals surface area contributed by atoms with Gasteiger partial charge in [0.1, 0.15) is 0 Å². The summed E-state index contributed by atoms with van der Waals surface area (Å²) >= 11 is 0. The van der Waals surface area contributed by atoms with Crippen molar-refractivity contribution < 1.29 is 9.22 Å². The van der Waals surface area contributed by atoms with Gasteiger partial charge in [-0.25, -0.2) is 4.79 Å². The van der Waals surface area contributed by atoms with Gasteiger partial charge in [0.2, 0.25) is 8.32 Å². The van der Waals surface area contributed by atoms with Crippen LogP contribution >= 0.6 is 0 Å². The first-order chi connectivity index (χ1) is 10.5. The summed E-state index contributed by atoms with van der Waals surface area (Å²) < 4.78 is 5.36. The van der Waals surface area contributed by atoms with E-state index >= 15 is 0 Å². The highest BCUT2D eigenvalue weighted by atomic mass is 28.4. The first kappa shape index (κ1) is 21.4. The van der Waals surface area contributed by atoms with E-state index in [1.54, 1.807) is 6.08 Å². The van der Waals surface area contributed by atoms with Gasteiger partial charge in [-0.3, -0.25) is 0 Å². The Kier molecular flexibility index (Phi) is 13.7. The standard InChI is InChI=1S/C19H38O2Si/c1-5-6-7-8-9-10-11-12-13-14-15-16-17-18-19(20)21-22(2,3)4/h17-18H,5-16H2,1-4H3. The molecule has 0 aromatic carbocycles. The van der Waals surface area contributed by atoms with Crippen LogP contribution in [0, 0.1) is 0 Å².